The molecule has 0 aliphatic heterocycles. The van der Waals surface area contributed by atoms with Gasteiger partial charge in [-0.25, -0.2) is 4.39 Å². The lowest BCUT2D eigenvalue weighted by molar-refractivity contribution is -0.116. The Morgan fingerprint density at radius 1 is 1.46 bits per heavy atom. The maximum atomic E-state index is 12.5. The Morgan fingerprint density at radius 2 is 2.00 bits per heavy atom. The minimum absolute atomic E-state index is 0.149. The van der Waals surface area contributed by atoms with Crippen LogP contribution >= 0.6 is 22.6 Å². The predicted molar refractivity (Wildman–Crippen MR) is 58.5 cm³/mol. The zero-order valence-electron chi connectivity index (χ0n) is 7.26. The number of rotatable bonds is 3. The van der Waals surface area contributed by atoms with Gasteiger partial charge in [0.25, 0.3) is 0 Å². The van der Waals surface area contributed by atoms with Gasteiger partial charge in [-0.2, -0.15) is 0 Å². The van der Waals surface area contributed by atoms with Gasteiger partial charge >= 0.3 is 0 Å². The number of carbonyl (C=O) groups is 1. The Bertz CT molecular complexity index is 294. The molecule has 0 amide bonds. The lowest BCUT2D eigenvalue weighted by atomic mass is 10.1. The van der Waals surface area contributed by atoms with Gasteiger partial charge in [0.15, 0.2) is 0 Å². The zero-order valence-corrected chi connectivity index (χ0v) is 9.42. The van der Waals surface area contributed by atoms with Crippen LogP contribution in [0.5, 0.6) is 0 Å². The molecule has 1 unspecified atom stereocenters. The van der Waals surface area contributed by atoms with E-state index in [1.165, 1.54) is 12.1 Å². The number of ketones is 1. The third-order valence-electron chi connectivity index (χ3n) is 1.70. The summed E-state index contributed by atoms with van der Waals surface area (Å²) in [5.74, 6) is -0.0844. The van der Waals surface area contributed by atoms with Gasteiger partial charge < -0.3 is 0 Å². The maximum absolute atomic E-state index is 12.5. The van der Waals surface area contributed by atoms with E-state index in [1.54, 1.807) is 19.1 Å². The summed E-state index contributed by atoms with van der Waals surface area (Å²) in [5.41, 5.74) is 0.997. The first-order valence-corrected chi connectivity index (χ1v) is 5.23. The van der Waals surface area contributed by atoms with Crippen molar-refractivity contribution in [3.8, 4) is 0 Å². The number of benzene rings is 1. The van der Waals surface area contributed by atoms with Crippen LogP contribution in [0, 0.1) is 5.82 Å². The minimum atomic E-state index is -0.241. The van der Waals surface area contributed by atoms with E-state index in [0.29, 0.717) is 6.42 Å². The minimum Gasteiger partial charge on any atom is -0.300 e. The Labute approximate surface area is 90.5 Å². The SMILES string of the molecule is CC(=O)CC(I)c1ccc(F)cc1. The molecule has 0 heterocycles. The zero-order chi connectivity index (χ0) is 9.84. The van der Waals surface area contributed by atoms with Crippen LogP contribution in [-0.4, -0.2) is 5.78 Å². The second-order valence-electron chi connectivity index (χ2n) is 2.93. The highest BCUT2D eigenvalue weighted by Gasteiger charge is 2.09. The van der Waals surface area contributed by atoms with E-state index in [0.717, 1.165) is 5.56 Å². The van der Waals surface area contributed by atoms with Gasteiger partial charge in [0.1, 0.15) is 11.6 Å². The lowest BCUT2D eigenvalue weighted by Gasteiger charge is -2.07. The fourth-order valence-corrected chi connectivity index (χ4v) is 2.08. The molecule has 0 saturated carbocycles. The molecule has 0 fully saturated rings. The van der Waals surface area contributed by atoms with E-state index in [9.17, 15) is 9.18 Å². The van der Waals surface area contributed by atoms with E-state index in [2.05, 4.69) is 22.6 Å². The quantitative estimate of drug-likeness (QED) is 0.617. The molecule has 0 aromatic heterocycles. The van der Waals surface area contributed by atoms with Crippen LogP contribution in [0.1, 0.15) is 22.8 Å². The molecule has 0 aliphatic carbocycles. The van der Waals surface area contributed by atoms with Crippen LogP contribution in [-0.2, 0) is 4.79 Å². The van der Waals surface area contributed by atoms with Crippen molar-refractivity contribution in [3.63, 3.8) is 0 Å². The molecule has 1 atom stereocenters. The number of Topliss-reactive ketones (excluding diaryl/α,β-unsaturated/α-hetero) is 1. The largest absolute Gasteiger partial charge is 0.300 e. The summed E-state index contributed by atoms with van der Waals surface area (Å²) in [6.07, 6.45) is 0.506. The topological polar surface area (TPSA) is 17.1 Å². The van der Waals surface area contributed by atoms with Crippen molar-refractivity contribution in [2.24, 2.45) is 0 Å². The fourth-order valence-electron chi connectivity index (χ4n) is 1.04. The van der Waals surface area contributed by atoms with Crippen molar-refractivity contribution < 1.29 is 9.18 Å². The highest BCUT2D eigenvalue weighted by atomic mass is 127. The molecule has 0 N–H and O–H groups in total. The molecule has 0 saturated heterocycles. The highest BCUT2D eigenvalue weighted by Crippen LogP contribution is 2.26. The summed E-state index contributed by atoms with van der Waals surface area (Å²) < 4.78 is 12.7. The van der Waals surface area contributed by atoms with Crippen LogP contribution in [0.25, 0.3) is 0 Å². The molecule has 0 spiro atoms. The van der Waals surface area contributed by atoms with Crippen LogP contribution in [0.3, 0.4) is 0 Å². The van der Waals surface area contributed by atoms with Crippen LogP contribution in [0.2, 0.25) is 0 Å². The Balaban J connectivity index is 2.71. The number of halogens is 2. The number of carbonyl (C=O) groups excluding carboxylic acids is 1. The van der Waals surface area contributed by atoms with Crippen molar-refractivity contribution in [1.82, 2.24) is 0 Å². The third kappa shape index (κ3) is 3.42. The van der Waals surface area contributed by atoms with E-state index >= 15 is 0 Å². The average molecular weight is 292 g/mol. The first kappa shape index (κ1) is 10.6. The van der Waals surface area contributed by atoms with Gasteiger partial charge in [-0.3, -0.25) is 4.79 Å². The van der Waals surface area contributed by atoms with Crippen LogP contribution in [0.15, 0.2) is 24.3 Å². The summed E-state index contributed by atoms with van der Waals surface area (Å²) in [6, 6.07) is 6.27. The number of alkyl halides is 1. The van der Waals surface area contributed by atoms with Crippen LogP contribution < -0.4 is 0 Å². The first-order chi connectivity index (χ1) is 6.09. The van der Waals surface area contributed by atoms with Gasteiger partial charge in [-0.1, -0.05) is 34.7 Å². The van der Waals surface area contributed by atoms with E-state index in [4.69, 9.17) is 0 Å². The molecule has 13 heavy (non-hydrogen) atoms. The molecule has 1 aromatic carbocycles. The molecule has 1 rings (SSSR count). The Morgan fingerprint density at radius 3 is 2.46 bits per heavy atom. The molecule has 1 nitrogen and oxygen atoms in total. The summed E-state index contributed by atoms with van der Waals surface area (Å²) in [6.45, 7) is 1.56. The van der Waals surface area contributed by atoms with Crippen molar-refractivity contribution in [2.45, 2.75) is 17.3 Å². The molecule has 3 heteroatoms. The standard InChI is InChI=1S/C10H10FIO/c1-7(13)6-10(12)8-2-4-9(11)5-3-8/h2-5,10H,6H2,1H3. The second kappa shape index (κ2) is 4.69. The van der Waals surface area contributed by atoms with Gasteiger partial charge in [0, 0.05) is 10.3 Å². The Kier molecular flexibility index (Phi) is 3.84. The van der Waals surface area contributed by atoms with E-state index in [1.807, 2.05) is 0 Å². The smallest absolute Gasteiger partial charge is 0.131 e. The normalized spacial score (nSPS) is 12.5. The lowest BCUT2D eigenvalue weighted by Crippen LogP contribution is -1.97. The fraction of sp³-hybridized carbons (Fsp3) is 0.300. The second-order valence-corrected chi connectivity index (χ2v) is 4.43. The molecular formula is C10H10FIO. The third-order valence-corrected chi connectivity index (χ3v) is 2.86. The molecule has 0 aliphatic rings. The van der Waals surface area contributed by atoms with Crippen molar-refractivity contribution >= 4 is 28.4 Å². The van der Waals surface area contributed by atoms with Gasteiger partial charge in [-0.05, 0) is 24.6 Å². The maximum Gasteiger partial charge on any atom is 0.131 e. The van der Waals surface area contributed by atoms with Gasteiger partial charge in [-0.15, -0.1) is 0 Å². The summed E-state index contributed by atoms with van der Waals surface area (Å²) >= 11 is 2.19. The van der Waals surface area contributed by atoms with Gasteiger partial charge in [0.05, 0.1) is 0 Å². The highest BCUT2D eigenvalue weighted by molar-refractivity contribution is 14.1. The van der Waals surface area contributed by atoms with Gasteiger partial charge in [0.2, 0.25) is 0 Å². The molecule has 70 valence electrons. The first-order valence-electron chi connectivity index (χ1n) is 3.98. The van der Waals surface area contributed by atoms with Crippen LogP contribution in [0.4, 0.5) is 4.39 Å². The van der Waals surface area contributed by atoms with E-state index in [-0.39, 0.29) is 15.5 Å². The summed E-state index contributed by atoms with van der Waals surface area (Å²) in [5, 5.41) is 0. The Hall–Kier alpha value is -0.450. The molecular weight excluding hydrogens is 282 g/mol. The molecule has 0 radical (unpaired) electrons. The predicted octanol–water partition coefficient (Wildman–Crippen LogP) is 3.28. The number of hydrogen-bond acceptors (Lipinski definition) is 1. The van der Waals surface area contributed by atoms with Crippen molar-refractivity contribution in [1.29, 1.82) is 0 Å². The van der Waals surface area contributed by atoms with Crippen molar-refractivity contribution in [2.75, 3.05) is 0 Å². The average Bonchev–Trinajstić information content (AvgIpc) is 2.04. The number of hydrogen-bond donors (Lipinski definition) is 0. The monoisotopic (exact) mass is 292 g/mol. The molecule has 0 bridgehead atoms. The van der Waals surface area contributed by atoms with E-state index < -0.39 is 0 Å². The summed E-state index contributed by atoms with van der Waals surface area (Å²) in [4.78, 5) is 10.8. The van der Waals surface area contributed by atoms with Crippen molar-refractivity contribution in [3.05, 3.63) is 35.6 Å². The molecule has 1 aromatic rings. The summed E-state index contributed by atoms with van der Waals surface area (Å²) in [7, 11) is 0.